The minimum Gasteiger partial charge on any atom is -0.403 e. The van der Waals surface area contributed by atoms with Gasteiger partial charge in [-0.25, -0.2) is 4.39 Å². The van der Waals surface area contributed by atoms with Crippen LogP contribution in [-0.2, 0) is 4.74 Å². The molecule has 0 radical (unpaired) electrons. The first-order chi connectivity index (χ1) is 5.66. The Morgan fingerprint density at radius 1 is 1.67 bits per heavy atom. The highest BCUT2D eigenvalue weighted by molar-refractivity contribution is 5.21. The molecule has 1 unspecified atom stereocenters. The molecule has 1 aliphatic carbocycles. The fourth-order valence-electron chi connectivity index (χ4n) is 0.852. The second-order valence-corrected chi connectivity index (χ2v) is 2.38. The summed E-state index contributed by atoms with van der Waals surface area (Å²) in [5.41, 5.74) is 0. The number of rotatable bonds is 1. The van der Waals surface area contributed by atoms with Gasteiger partial charge in [-0.3, -0.25) is 0 Å². The Bertz CT molecular complexity index is 283. The van der Waals surface area contributed by atoms with Crippen LogP contribution in [0.1, 0.15) is 13.3 Å². The van der Waals surface area contributed by atoms with Crippen molar-refractivity contribution in [2.24, 2.45) is 0 Å². The van der Waals surface area contributed by atoms with Gasteiger partial charge in [-0.15, -0.1) is 0 Å². The molecule has 1 nitrogen and oxygen atoms in total. The molecule has 0 heterocycles. The Labute approximate surface area is 69.7 Å². The van der Waals surface area contributed by atoms with E-state index in [0.717, 1.165) is 6.08 Å². The average molecular weight is 170 g/mol. The zero-order valence-corrected chi connectivity index (χ0v) is 6.60. The Hall–Kier alpha value is -1.30. The largest absolute Gasteiger partial charge is 0.403 e. The predicted octanol–water partition coefficient (Wildman–Crippen LogP) is 2.46. The van der Waals surface area contributed by atoms with Crippen molar-refractivity contribution in [3.05, 3.63) is 24.1 Å². The Kier molecular flexibility index (Phi) is 2.49. The maximum atomic E-state index is 13.3. The van der Waals surface area contributed by atoms with E-state index in [1.807, 2.05) is 0 Å². The van der Waals surface area contributed by atoms with E-state index in [1.165, 1.54) is 19.1 Å². The molecule has 0 saturated carbocycles. The Balaban J connectivity index is 2.71. The van der Waals surface area contributed by atoms with Gasteiger partial charge in [-0.2, -0.15) is 4.39 Å². The maximum absolute atomic E-state index is 13.3. The summed E-state index contributed by atoms with van der Waals surface area (Å²) < 4.78 is 30.3. The van der Waals surface area contributed by atoms with E-state index in [9.17, 15) is 8.78 Å². The van der Waals surface area contributed by atoms with Gasteiger partial charge in [0.1, 0.15) is 11.9 Å². The first-order valence-corrected chi connectivity index (χ1v) is 3.50. The fraction of sp³-hybridized carbons (Fsp3) is 0.333. The molecule has 64 valence electrons. The Morgan fingerprint density at radius 3 is 3.00 bits per heavy atom. The predicted molar refractivity (Wildman–Crippen MR) is 41.3 cm³/mol. The second-order valence-electron chi connectivity index (χ2n) is 2.38. The van der Waals surface area contributed by atoms with Crippen LogP contribution in [0.3, 0.4) is 0 Å². The molecule has 0 fully saturated rings. The van der Waals surface area contributed by atoms with Crippen molar-refractivity contribution in [3.8, 4) is 12.0 Å². The summed E-state index contributed by atoms with van der Waals surface area (Å²) >= 11 is 0. The SMILES string of the molecule is CC#COC1(F)C=C(F)C=CC1. The van der Waals surface area contributed by atoms with Crippen molar-refractivity contribution in [1.82, 2.24) is 0 Å². The highest BCUT2D eigenvalue weighted by Gasteiger charge is 2.30. The van der Waals surface area contributed by atoms with E-state index in [2.05, 4.69) is 16.8 Å². The Morgan fingerprint density at radius 2 is 2.42 bits per heavy atom. The number of hydrogen-bond acceptors (Lipinski definition) is 1. The molecule has 1 rings (SSSR count). The van der Waals surface area contributed by atoms with Gasteiger partial charge in [-0.1, -0.05) is 12.0 Å². The van der Waals surface area contributed by atoms with Crippen molar-refractivity contribution in [1.29, 1.82) is 0 Å². The lowest BCUT2D eigenvalue weighted by Crippen LogP contribution is -2.23. The lowest BCUT2D eigenvalue weighted by Gasteiger charge is -2.19. The average Bonchev–Trinajstić information content (AvgIpc) is 2.01. The molecule has 0 aromatic heterocycles. The smallest absolute Gasteiger partial charge is 0.283 e. The van der Waals surface area contributed by atoms with E-state index in [-0.39, 0.29) is 6.42 Å². The van der Waals surface area contributed by atoms with Crippen LogP contribution in [0.2, 0.25) is 0 Å². The third-order valence-electron chi connectivity index (χ3n) is 1.35. The van der Waals surface area contributed by atoms with Crippen LogP contribution >= 0.6 is 0 Å². The first kappa shape index (κ1) is 8.79. The van der Waals surface area contributed by atoms with Gasteiger partial charge >= 0.3 is 0 Å². The molecule has 1 aliphatic rings. The van der Waals surface area contributed by atoms with Gasteiger partial charge < -0.3 is 4.74 Å². The number of hydrogen-bond donors (Lipinski definition) is 0. The third kappa shape index (κ3) is 2.09. The van der Waals surface area contributed by atoms with Crippen molar-refractivity contribution in [2.75, 3.05) is 0 Å². The van der Waals surface area contributed by atoms with E-state index >= 15 is 0 Å². The zero-order valence-electron chi connectivity index (χ0n) is 6.60. The summed E-state index contributed by atoms with van der Waals surface area (Å²) in [6, 6.07) is 0. The summed E-state index contributed by atoms with van der Waals surface area (Å²) in [7, 11) is 0. The van der Waals surface area contributed by atoms with Gasteiger partial charge in [-0.05, 0) is 6.08 Å². The third-order valence-corrected chi connectivity index (χ3v) is 1.35. The molecule has 0 spiro atoms. The summed E-state index contributed by atoms with van der Waals surface area (Å²) in [4.78, 5) is 0. The van der Waals surface area contributed by atoms with E-state index in [4.69, 9.17) is 0 Å². The van der Waals surface area contributed by atoms with Crippen molar-refractivity contribution >= 4 is 0 Å². The molecule has 0 aromatic carbocycles. The standard InChI is InChI=1S/C9H8F2O/c1-2-6-12-9(11)5-3-4-8(10)7-9/h3-4,7H,5H2,1H3. The maximum Gasteiger partial charge on any atom is 0.283 e. The number of allylic oxidation sites excluding steroid dienone is 2. The van der Waals surface area contributed by atoms with E-state index in [1.54, 1.807) is 0 Å². The van der Waals surface area contributed by atoms with Crippen molar-refractivity contribution in [3.63, 3.8) is 0 Å². The van der Waals surface area contributed by atoms with Crippen LogP contribution in [0, 0.1) is 12.0 Å². The quantitative estimate of drug-likeness (QED) is 0.549. The molecule has 0 N–H and O–H groups in total. The van der Waals surface area contributed by atoms with Gasteiger partial charge in [0.2, 0.25) is 0 Å². The molecular formula is C9H8F2O. The van der Waals surface area contributed by atoms with Crippen LogP contribution in [0.5, 0.6) is 0 Å². The molecule has 0 aromatic rings. The highest BCUT2D eigenvalue weighted by atomic mass is 19.2. The van der Waals surface area contributed by atoms with Gasteiger partial charge in [0.25, 0.3) is 5.85 Å². The van der Waals surface area contributed by atoms with Crippen LogP contribution in [0.4, 0.5) is 8.78 Å². The molecule has 0 bridgehead atoms. The molecular weight excluding hydrogens is 162 g/mol. The highest BCUT2D eigenvalue weighted by Crippen LogP contribution is 2.26. The normalized spacial score (nSPS) is 27.1. The summed E-state index contributed by atoms with van der Waals surface area (Å²) in [6.45, 7) is 1.52. The molecule has 3 heteroatoms. The van der Waals surface area contributed by atoms with E-state index in [0.29, 0.717) is 0 Å². The molecule has 0 aliphatic heterocycles. The van der Waals surface area contributed by atoms with E-state index < -0.39 is 11.7 Å². The summed E-state index contributed by atoms with van der Waals surface area (Å²) in [5, 5.41) is 0. The fourth-order valence-corrected chi connectivity index (χ4v) is 0.852. The molecule has 0 amide bonds. The van der Waals surface area contributed by atoms with Crippen LogP contribution < -0.4 is 0 Å². The topological polar surface area (TPSA) is 9.23 Å². The lowest BCUT2D eigenvalue weighted by atomic mass is 10.1. The zero-order chi connectivity index (χ0) is 9.03. The minimum absolute atomic E-state index is 0.00486. The lowest BCUT2D eigenvalue weighted by molar-refractivity contribution is -0.0402. The first-order valence-electron chi connectivity index (χ1n) is 3.50. The van der Waals surface area contributed by atoms with Gasteiger partial charge in [0, 0.05) is 19.4 Å². The van der Waals surface area contributed by atoms with Crippen LogP contribution in [0.15, 0.2) is 24.1 Å². The van der Waals surface area contributed by atoms with Crippen LogP contribution in [0.25, 0.3) is 0 Å². The van der Waals surface area contributed by atoms with Gasteiger partial charge in [0.15, 0.2) is 0 Å². The molecule has 0 saturated heterocycles. The molecule has 12 heavy (non-hydrogen) atoms. The van der Waals surface area contributed by atoms with Crippen molar-refractivity contribution in [2.45, 2.75) is 19.2 Å². The van der Waals surface area contributed by atoms with Gasteiger partial charge in [0.05, 0.1) is 0 Å². The number of halogens is 2. The number of alkyl halides is 1. The van der Waals surface area contributed by atoms with Crippen LogP contribution in [-0.4, -0.2) is 5.85 Å². The van der Waals surface area contributed by atoms with Crippen molar-refractivity contribution < 1.29 is 13.5 Å². The minimum atomic E-state index is -2.10. The summed E-state index contributed by atoms with van der Waals surface area (Å²) in [6.07, 6.45) is 5.44. The monoisotopic (exact) mass is 170 g/mol. The number of ether oxygens (including phenoxy) is 1. The molecule has 1 atom stereocenters. The summed E-state index contributed by atoms with van der Waals surface area (Å²) in [5.74, 6) is -0.366. The second kappa shape index (κ2) is 3.40.